The molecule has 1 aromatic heterocycles. The highest BCUT2D eigenvalue weighted by Crippen LogP contribution is 2.33. The average molecular weight is 384 g/mol. The third kappa shape index (κ3) is 3.58. The van der Waals surface area contributed by atoms with Crippen molar-refractivity contribution in [2.24, 2.45) is 0 Å². The van der Waals surface area contributed by atoms with Gasteiger partial charge in [0.2, 0.25) is 5.95 Å². The van der Waals surface area contributed by atoms with E-state index in [-0.39, 0.29) is 11.6 Å². The summed E-state index contributed by atoms with van der Waals surface area (Å²) in [6, 6.07) is 5.93. The molecule has 0 spiro atoms. The van der Waals surface area contributed by atoms with Crippen LogP contribution in [0.25, 0.3) is 11.3 Å². The number of methoxy groups -OCH3 is 1. The number of anilines is 1. The molecule has 5 nitrogen and oxygen atoms in total. The van der Waals surface area contributed by atoms with Gasteiger partial charge in [0.25, 0.3) is 0 Å². The molecular formula is C22H29FN4O. The SMILES string of the molecule is COc1ccc(-c2nc(N3C(C)CCCC3C)nc3c2CCNCC3)cc1F. The lowest BCUT2D eigenvalue weighted by molar-refractivity contribution is 0.386. The van der Waals surface area contributed by atoms with Gasteiger partial charge in [0, 0.05) is 36.2 Å². The first kappa shape index (κ1) is 19.1. The van der Waals surface area contributed by atoms with Crippen LogP contribution >= 0.6 is 0 Å². The summed E-state index contributed by atoms with van der Waals surface area (Å²) in [5.41, 5.74) is 3.87. The quantitative estimate of drug-likeness (QED) is 0.874. The predicted octanol–water partition coefficient (Wildman–Crippen LogP) is 3.75. The molecule has 1 aromatic carbocycles. The lowest BCUT2D eigenvalue weighted by Crippen LogP contribution is -2.45. The maximum absolute atomic E-state index is 14.4. The van der Waals surface area contributed by atoms with Crippen LogP contribution in [0.4, 0.5) is 10.3 Å². The van der Waals surface area contributed by atoms with Crippen LogP contribution < -0.4 is 15.0 Å². The van der Waals surface area contributed by atoms with Gasteiger partial charge in [-0.1, -0.05) is 0 Å². The minimum atomic E-state index is -0.361. The fourth-order valence-corrected chi connectivity index (χ4v) is 4.52. The number of nitrogens with zero attached hydrogens (tertiary/aromatic N) is 3. The van der Waals surface area contributed by atoms with E-state index in [1.807, 2.05) is 6.07 Å². The van der Waals surface area contributed by atoms with Gasteiger partial charge in [-0.05, 0) is 64.3 Å². The zero-order valence-electron chi connectivity index (χ0n) is 17.0. The zero-order chi connectivity index (χ0) is 19.7. The molecule has 4 rings (SSSR count). The van der Waals surface area contributed by atoms with Crippen LogP contribution in [0.1, 0.15) is 44.4 Å². The van der Waals surface area contributed by atoms with Gasteiger partial charge in [-0.25, -0.2) is 14.4 Å². The van der Waals surface area contributed by atoms with E-state index in [1.165, 1.54) is 19.6 Å². The van der Waals surface area contributed by atoms with E-state index in [0.717, 1.165) is 67.2 Å². The van der Waals surface area contributed by atoms with Crippen LogP contribution in [-0.2, 0) is 12.8 Å². The summed E-state index contributed by atoms with van der Waals surface area (Å²) in [4.78, 5) is 12.3. The number of benzene rings is 1. The van der Waals surface area contributed by atoms with E-state index in [9.17, 15) is 4.39 Å². The highest BCUT2D eigenvalue weighted by molar-refractivity contribution is 5.67. The van der Waals surface area contributed by atoms with Gasteiger partial charge in [-0.3, -0.25) is 0 Å². The second-order valence-corrected chi connectivity index (χ2v) is 7.93. The standard InChI is InChI=1S/C22H29FN4O/c1-14-5-4-6-15(2)27(14)22-25-19-10-12-24-11-9-17(19)21(26-22)16-7-8-20(28-3)18(23)13-16/h7-8,13-15,24H,4-6,9-12H2,1-3H3. The van der Waals surface area contributed by atoms with E-state index in [0.29, 0.717) is 12.1 Å². The molecule has 0 aliphatic carbocycles. The van der Waals surface area contributed by atoms with Crippen molar-refractivity contribution in [3.63, 3.8) is 0 Å². The average Bonchev–Trinajstić information content (AvgIpc) is 2.92. The number of piperidine rings is 1. The fraction of sp³-hybridized carbons (Fsp3) is 0.545. The predicted molar refractivity (Wildman–Crippen MR) is 110 cm³/mol. The Labute approximate surface area is 166 Å². The van der Waals surface area contributed by atoms with Gasteiger partial charge >= 0.3 is 0 Å². The van der Waals surface area contributed by atoms with Crippen molar-refractivity contribution in [3.8, 4) is 17.0 Å². The van der Waals surface area contributed by atoms with Crippen LogP contribution in [0, 0.1) is 5.82 Å². The maximum atomic E-state index is 14.4. The highest BCUT2D eigenvalue weighted by atomic mass is 19.1. The minimum absolute atomic E-state index is 0.254. The number of ether oxygens (including phenoxy) is 1. The molecule has 150 valence electrons. The molecule has 3 heterocycles. The number of hydrogen-bond donors (Lipinski definition) is 1. The van der Waals surface area contributed by atoms with E-state index in [4.69, 9.17) is 14.7 Å². The van der Waals surface area contributed by atoms with E-state index in [2.05, 4.69) is 24.1 Å². The Kier molecular flexibility index (Phi) is 5.49. The molecule has 2 aliphatic heterocycles. The molecule has 6 heteroatoms. The molecule has 2 atom stereocenters. The molecule has 1 saturated heterocycles. The largest absolute Gasteiger partial charge is 0.494 e. The monoisotopic (exact) mass is 384 g/mol. The van der Waals surface area contributed by atoms with E-state index >= 15 is 0 Å². The zero-order valence-corrected chi connectivity index (χ0v) is 17.0. The Morgan fingerprint density at radius 3 is 2.57 bits per heavy atom. The lowest BCUT2D eigenvalue weighted by Gasteiger charge is -2.39. The number of nitrogens with one attached hydrogen (secondary N) is 1. The molecule has 1 N–H and O–H groups in total. The van der Waals surface area contributed by atoms with Gasteiger partial charge in [0.15, 0.2) is 11.6 Å². The summed E-state index contributed by atoms with van der Waals surface area (Å²) in [6.07, 6.45) is 5.26. The normalized spacial score (nSPS) is 22.5. The summed E-state index contributed by atoms with van der Waals surface area (Å²) in [5, 5.41) is 3.44. The van der Waals surface area contributed by atoms with Crippen molar-refractivity contribution in [2.75, 3.05) is 25.1 Å². The first-order valence-corrected chi connectivity index (χ1v) is 10.3. The van der Waals surface area contributed by atoms with E-state index in [1.54, 1.807) is 6.07 Å². The molecular weight excluding hydrogens is 355 g/mol. The number of rotatable bonds is 3. The van der Waals surface area contributed by atoms with Crippen molar-refractivity contribution in [1.82, 2.24) is 15.3 Å². The van der Waals surface area contributed by atoms with Crippen LogP contribution in [-0.4, -0.2) is 42.3 Å². The molecule has 28 heavy (non-hydrogen) atoms. The van der Waals surface area contributed by atoms with Crippen molar-refractivity contribution in [1.29, 1.82) is 0 Å². The van der Waals surface area contributed by atoms with Crippen LogP contribution in [0.2, 0.25) is 0 Å². The maximum Gasteiger partial charge on any atom is 0.226 e. The molecule has 0 amide bonds. The molecule has 0 radical (unpaired) electrons. The first-order chi connectivity index (χ1) is 13.6. The molecule has 2 aliphatic rings. The number of fused-ring (bicyclic) bond motifs is 1. The summed E-state index contributed by atoms with van der Waals surface area (Å²) >= 11 is 0. The third-order valence-corrected chi connectivity index (χ3v) is 6.02. The van der Waals surface area contributed by atoms with Crippen molar-refractivity contribution in [3.05, 3.63) is 35.3 Å². The molecule has 1 fully saturated rings. The van der Waals surface area contributed by atoms with Gasteiger partial charge in [-0.2, -0.15) is 0 Å². The summed E-state index contributed by atoms with van der Waals surface area (Å²) in [6.45, 7) is 6.29. The van der Waals surface area contributed by atoms with Crippen molar-refractivity contribution < 1.29 is 9.13 Å². The number of aromatic nitrogens is 2. The van der Waals surface area contributed by atoms with Gasteiger partial charge < -0.3 is 15.0 Å². The van der Waals surface area contributed by atoms with Gasteiger partial charge in [0.05, 0.1) is 18.5 Å². The smallest absolute Gasteiger partial charge is 0.226 e. The van der Waals surface area contributed by atoms with Crippen LogP contribution in [0.5, 0.6) is 5.75 Å². The Hall–Kier alpha value is -2.21. The topological polar surface area (TPSA) is 50.3 Å². The molecule has 0 bridgehead atoms. The minimum Gasteiger partial charge on any atom is -0.494 e. The second-order valence-electron chi connectivity index (χ2n) is 7.93. The highest BCUT2D eigenvalue weighted by Gasteiger charge is 2.29. The first-order valence-electron chi connectivity index (χ1n) is 10.3. The molecule has 0 saturated carbocycles. The summed E-state index contributed by atoms with van der Waals surface area (Å²) < 4.78 is 19.5. The number of hydrogen-bond acceptors (Lipinski definition) is 5. The fourth-order valence-electron chi connectivity index (χ4n) is 4.52. The van der Waals surface area contributed by atoms with Crippen LogP contribution in [0.15, 0.2) is 18.2 Å². The number of halogens is 1. The van der Waals surface area contributed by atoms with E-state index < -0.39 is 0 Å². The Morgan fingerprint density at radius 2 is 1.86 bits per heavy atom. The Bertz CT molecular complexity index is 847. The van der Waals surface area contributed by atoms with Gasteiger partial charge in [0.1, 0.15) is 0 Å². The summed E-state index contributed by atoms with van der Waals surface area (Å²) in [5.74, 6) is 0.677. The Morgan fingerprint density at radius 1 is 1.11 bits per heavy atom. The lowest BCUT2D eigenvalue weighted by atomic mass is 9.97. The Balaban J connectivity index is 1.85. The van der Waals surface area contributed by atoms with Crippen molar-refractivity contribution >= 4 is 5.95 Å². The van der Waals surface area contributed by atoms with Crippen molar-refractivity contribution in [2.45, 2.75) is 58.0 Å². The third-order valence-electron chi connectivity index (χ3n) is 6.02. The van der Waals surface area contributed by atoms with Gasteiger partial charge in [-0.15, -0.1) is 0 Å². The van der Waals surface area contributed by atoms with Crippen LogP contribution in [0.3, 0.4) is 0 Å². The summed E-state index contributed by atoms with van der Waals surface area (Å²) in [7, 11) is 1.48. The molecule has 2 unspecified atom stereocenters. The second kappa shape index (κ2) is 8.03. The molecule has 2 aromatic rings.